The van der Waals surface area contributed by atoms with Crippen molar-refractivity contribution in [2.75, 3.05) is 13.1 Å². The third kappa shape index (κ3) is 12.7. The molecule has 0 saturated carbocycles. The van der Waals surface area contributed by atoms with Crippen molar-refractivity contribution in [3.63, 3.8) is 0 Å². The largest absolute Gasteiger partial charge is 0.339 e. The van der Waals surface area contributed by atoms with Gasteiger partial charge < -0.3 is 4.90 Å². The maximum atomic E-state index is 11.9. The molecule has 0 bridgehead atoms. The summed E-state index contributed by atoms with van der Waals surface area (Å²) in [5.74, 6) is 0.175. The van der Waals surface area contributed by atoms with E-state index in [9.17, 15) is 4.79 Å². The van der Waals surface area contributed by atoms with Crippen LogP contribution in [0.3, 0.4) is 0 Å². The quantitative estimate of drug-likeness (QED) is 0.160. The van der Waals surface area contributed by atoms with Crippen LogP contribution >= 0.6 is 0 Å². The van der Waals surface area contributed by atoms with Gasteiger partial charge in [0.05, 0.1) is 0 Å². The van der Waals surface area contributed by atoms with Gasteiger partial charge >= 0.3 is 0 Å². The summed E-state index contributed by atoms with van der Waals surface area (Å²) in [4.78, 5) is 13.9. The molecule has 0 aromatic heterocycles. The zero-order valence-corrected chi connectivity index (χ0v) is 16.4. The van der Waals surface area contributed by atoms with Gasteiger partial charge in [-0.05, 0) is 51.4 Å². The molecule has 2 heteroatoms. The first-order chi connectivity index (χ1) is 12.3. The standard InChI is InChI=1S/C23H39NO/c1-2-3-4-5-6-7-8-9-10-11-12-13-14-15-17-20-23(25)24-21-18-16-19-22-24/h4-5,14-15,17,20H,2-3,6-13,16,18-19,21-22H2,1H3/b5-4+,15-14+,20-17+. The molecule has 1 aliphatic rings. The molecule has 0 aromatic carbocycles. The Balaban J connectivity index is 1.89. The summed E-state index contributed by atoms with van der Waals surface area (Å²) in [6.45, 7) is 4.09. The number of unbranched alkanes of at least 4 members (excludes halogenated alkanes) is 8. The molecule has 0 atom stereocenters. The van der Waals surface area contributed by atoms with Crippen LogP contribution in [0.15, 0.2) is 36.5 Å². The highest BCUT2D eigenvalue weighted by Gasteiger charge is 2.12. The maximum Gasteiger partial charge on any atom is 0.246 e. The summed E-state index contributed by atoms with van der Waals surface area (Å²) in [5, 5.41) is 0. The van der Waals surface area contributed by atoms with Crippen molar-refractivity contribution in [2.45, 2.75) is 90.4 Å². The number of carbonyl (C=O) groups excluding carboxylic acids is 1. The van der Waals surface area contributed by atoms with E-state index in [0.29, 0.717) is 0 Å². The Morgan fingerprint density at radius 2 is 1.36 bits per heavy atom. The van der Waals surface area contributed by atoms with Crippen LogP contribution in [-0.4, -0.2) is 23.9 Å². The molecule has 2 nitrogen and oxygen atoms in total. The zero-order valence-electron chi connectivity index (χ0n) is 16.4. The number of rotatable bonds is 13. The Morgan fingerprint density at radius 1 is 0.760 bits per heavy atom. The molecule has 1 heterocycles. The normalized spacial score (nSPS) is 15.8. The zero-order chi connectivity index (χ0) is 18.0. The fraction of sp³-hybridized carbons (Fsp3) is 0.696. The van der Waals surface area contributed by atoms with Crippen LogP contribution in [0.2, 0.25) is 0 Å². The van der Waals surface area contributed by atoms with E-state index in [4.69, 9.17) is 0 Å². The Kier molecular flexibility index (Phi) is 14.1. The summed E-state index contributed by atoms with van der Waals surface area (Å²) in [7, 11) is 0. The van der Waals surface area contributed by atoms with E-state index in [-0.39, 0.29) is 5.91 Å². The van der Waals surface area contributed by atoms with Crippen molar-refractivity contribution in [3.8, 4) is 0 Å². The molecule has 0 unspecified atom stereocenters. The van der Waals surface area contributed by atoms with Crippen LogP contribution < -0.4 is 0 Å². The van der Waals surface area contributed by atoms with E-state index in [2.05, 4.69) is 25.2 Å². The number of carbonyl (C=O) groups is 1. The molecule has 0 N–H and O–H groups in total. The minimum Gasteiger partial charge on any atom is -0.339 e. The van der Waals surface area contributed by atoms with Crippen molar-refractivity contribution in [1.82, 2.24) is 4.90 Å². The van der Waals surface area contributed by atoms with Crippen molar-refractivity contribution in [3.05, 3.63) is 36.5 Å². The predicted molar refractivity (Wildman–Crippen MR) is 110 cm³/mol. The van der Waals surface area contributed by atoms with Crippen molar-refractivity contribution in [2.24, 2.45) is 0 Å². The number of amides is 1. The van der Waals surface area contributed by atoms with E-state index in [1.54, 1.807) is 6.08 Å². The van der Waals surface area contributed by atoms with Gasteiger partial charge in [0.15, 0.2) is 0 Å². The fourth-order valence-electron chi connectivity index (χ4n) is 3.17. The number of nitrogens with zero attached hydrogens (tertiary/aromatic N) is 1. The second-order valence-corrected chi connectivity index (χ2v) is 7.13. The second-order valence-electron chi connectivity index (χ2n) is 7.13. The molecule has 1 saturated heterocycles. The molecular weight excluding hydrogens is 306 g/mol. The van der Waals surface area contributed by atoms with E-state index in [1.807, 2.05) is 17.1 Å². The van der Waals surface area contributed by atoms with Gasteiger partial charge in [-0.15, -0.1) is 0 Å². The number of hydrogen-bond acceptors (Lipinski definition) is 1. The van der Waals surface area contributed by atoms with Crippen LogP contribution in [0.25, 0.3) is 0 Å². The summed E-state index contributed by atoms with van der Waals surface area (Å²) in [6.07, 6.45) is 29.0. The average Bonchev–Trinajstić information content (AvgIpc) is 2.65. The molecule has 1 aliphatic heterocycles. The molecule has 25 heavy (non-hydrogen) atoms. The monoisotopic (exact) mass is 345 g/mol. The lowest BCUT2D eigenvalue weighted by molar-refractivity contribution is -0.126. The lowest BCUT2D eigenvalue weighted by Gasteiger charge is -2.25. The van der Waals surface area contributed by atoms with Crippen LogP contribution in [-0.2, 0) is 4.79 Å². The molecule has 0 spiro atoms. The lowest BCUT2D eigenvalue weighted by Crippen LogP contribution is -2.34. The molecule has 1 amide bonds. The fourth-order valence-corrected chi connectivity index (χ4v) is 3.17. The van der Waals surface area contributed by atoms with E-state index in [0.717, 1.165) is 32.4 Å². The maximum absolute atomic E-state index is 11.9. The highest BCUT2D eigenvalue weighted by Crippen LogP contribution is 2.10. The highest BCUT2D eigenvalue weighted by atomic mass is 16.2. The lowest BCUT2D eigenvalue weighted by atomic mass is 10.1. The molecular formula is C23H39NO. The van der Waals surface area contributed by atoms with Gasteiger partial charge in [0.2, 0.25) is 5.91 Å². The average molecular weight is 346 g/mol. The Bertz CT molecular complexity index is 402. The van der Waals surface area contributed by atoms with Crippen LogP contribution in [0.5, 0.6) is 0 Å². The number of likely N-dealkylation sites (tertiary alicyclic amines) is 1. The number of piperidine rings is 1. The molecule has 0 aromatic rings. The third-order valence-corrected chi connectivity index (χ3v) is 4.77. The highest BCUT2D eigenvalue weighted by molar-refractivity contribution is 5.87. The third-order valence-electron chi connectivity index (χ3n) is 4.77. The van der Waals surface area contributed by atoms with Gasteiger partial charge in [0.25, 0.3) is 0 Å². The minimum atomic E-state index is 0.175. The first-order valence-electron chi connectivity index (χ1n) is 10.6. The predicted octanol–water partition coefficient (Wildman–Crippen LogP) is 6.59. The first kappa shape index (κ1) is 21.7. The molecule has 1 fully saturated rings. The van der Waals surface area contributed by atoms with Gasteiger partial charge in [-0.2, -0.15) is 0 Å². The van der Waals surface area contributed by atoms with Crippen molar-refractivity contribution < 1.29 is 4.79 Å². The summed E-state index contributed by atoms with van der Waals surface area (Å²) >= 11 is 0. The number of hydrogen-bond donors (Lipinski definition) is 0. The molecule has 1 rings (SSSR count). The van der Waals surface area contributed by atoms with Gasteiger partial charge in [-0.3, -0.25) is 4.79 Å². The Morgan fingerprint density at radius 3 is 2.04 bits per heavy atom. The summed E-state index contributed by atoms with van der Waals surface area (Å²) in [5.41, 5.74) is 0. The molecule has 0 aliphatic carbocycles. The van der Waals surface area contributed by atoms with E-state index in [1.165, 1.54) is 64.2 Å². The summed E-state index contributed by atoms with van der Waals surface area (Å²) < 4.78 is 0. The topological polar surface area (TPSA) is 20.3 Å². The molecule has 142 valence electrons. The van der Waals surface area contributed by atoms with Gasteiger partial charge in [-0.1, -0.05) is 69.4 Å². The van der Waals surface area contributed by atoms with Crippen molar-refractivity contribution in [1.29, 1.82) is 0 Å². The number of allylic oxidation sites excluding steroid dienone is 5. The first-order valence-corrected chi connectivity index (χ1v) is 10.6. The van der Waals surface area contributed by atoms with Gasteiger partial charge in [0.1, 0.15) is 0 Å². The van der Waals surface area contributed by atoms with Crippen molar-refractivity contribution >= 4 is 5.91 Å². The van der Waals surface area contributed by atoms with Crippen LogP contribution in [0, 0.1) is 0 Å². The minimum absolute atomic E-state index is 0.175. The van der Waals surface area contributed by atoms with Gasteiger partial charge in [0, 0.05) is 19.2 Å². The Labute approximate surface area is 156 Å². The van der Waals surface area contributed by atoms with Gasteiger partial charge in [-0.25, -0.2) is 0 Å². The van der Waals surface area contributed by atoms with E-state index < -0.39 is 0 Å². The van der Waals surface area contributed by atoms with Crippen LogP contribution in [0.4, 0.5) is 0 Å². The van der Waals surface area contributed by atoms with Crippen LogP contribution in [0.1, 0.15) is 90.4 Å². The van der Waals surface area contributed by atoms with E-state index >= 15 is 0 Å². The second kappa shape index (κ2) is 16.2. The smallest absolute Gasteiger partial charge is 0.246 e. The molecule has 0 radical (unpaired) electrons. The SMILES string of the molecule is CCC/C=C/CCCCCCCC/C=C/C=C/C(=O)N1CCCCC1. The summed E-state index contributed by atoms with van der Waals surface area (Å²) in [6, 6.07) is 0. The Hall–Kier alpha value is -1.31.